The second kappa shape index (κ2) is 5.05. The summed E-state index contributed by atoms with van der Waals surface area (Å²) >= 11 is 0. The summed E-state index contributed by atoms with van der Waals surface area (Å²) in [6.45, 7) is 3.29. The van der Waals surface area contributed by atoms with Gasteiger partial charge >= 0.3 is 0 Å². The molecule has 0 atom stereocenters. The van der Waals surface area contributed by atoms with Crippen LogP contribution < -0.4 is 11.1 Å². The molecule has 2 aromatic heterocycles. The molecule has 0 saturated carbocycles. The van der Waals surface area contributed by atoms with E-state index in [-0.39, 0.29) is 0 Å². The van der Waals surface area contributed by atoms with E-state index < -0.39 is 0 Å². The molecule has 19 heavy (non-hydrogen) atoms. The number of imidazole rings is 1. The molecule has 102 valence electrons. The molecule has 0 unspecified atom stereocenters. The normalized spacial score (nSPS) is 17.9. The number of nitrogens with zero attached hydrogens (tertiary/aromatic N) is 4. The Morgan fingerprint density at radius 3 is 3.00 bits per heavy atom. The first-order chi connectivity index (χ1) is 9.22. The van der Waals surface area contributed by atoms with Crippen LogP contribution in [0.3, 0.4) is 0 Å². The van der Waals surface area contributed by atoms with Crippen LogP contribution in [0.15, 0.2) is 18.6 Å². The number of aromatic nitrogens is 3. The van der Waals surface area contributed by atoms with E-state index in [2.05, 4.69) is 27.2 Å². The number of piperidine rings is 1. The third-order valence-corrected chi connectivity index (χ3v) is 3.79. The Morgan fingerprint density at radius 1 is 1.42 bits per heavy atom. The van der Waals surface area contributed by atoms with Crippen molar-refractivity contribution >= 4 is 17.3 Å². The number of likely N-dealkylation sites (tertiary alicyclic amines) is 1. The molecule has 3 heterocycles. The highest BCUT2D eigenvalue weighted by Gasteiger charge is 2.17. The van der Waals surface area contributed by atoms with Crippen molar-refractivity contribution in [1.29, 1.82) is 0 Å². The Morgan fingerprint density at radius 2 is 2.21 bits per heavy atom. The zero-order valence-electron chi connectivity index (χ0n) is 11.2. The predicted molar refractivity (Wildman–Crippen MR) is 76.1 cm³/mol. The van der Waals surface area contributed by atoms with Crippen LogP contribution in [0.25, 0.3) is 5.65 Å². The largest absolute Gasteiger partial charge is 0.382 e. The Kier molecular flexibility index (Phi) is 3.25. The molecule has 2 aromatic rings. The van der Waals surface area contributed by atoms with Gasteiger partial charge in [-0.1, -0.05) is 0 Å². The van der Waals surface area contributed by atoms with Crippen LogP contribution in [-0.4, -0.2) is 46.0 Å². The van der Waals surface area contributed by atoms with Crippen molar-refractivity contribution < 1.29 is 0 Å². The first kappa shape index (κ1) is 12.2. The molecule has 6 heteroatoms. The van der Waals surface area contributed by atoms with Crippen molar-refractivity contribution in [2.45, 2.75) is 12.8 Å². The molecule has 0 aromatic carbocycles. The van der Waals surface area contributed by atoms with Crippen LogP contribution in [0.1, 0.15) is 12.8 Å². The summed E-state index contributed by atoms with van der Waals surface area (Å²) in [5, 5.41) is 3.41. The summed E-state index contributed by atoms with van der Waals surface area (Å²) in [7, 11) is 2.18. The van der Waals surface area contributed by atoms with Crippen LogP contribution in [0.4, 0.5) is 11.6 Å². The number of anilines is 2. The van der Waals surface area contributed by atoms with Crippen molar-refractivity contribution in [3.05, 3.63) is 18.6 Å². The topological polar surface area (TPSA) is 71.5 Å². The highest BCUT2D eigenvalue weighted by atomic mass is 15.1. The van der Waals surface area contributed by atoms with Gasteiger partial charge in [-0.05, 0) is 38.9 Å². The molecular weight excluding hydrogens is 240 g/mol. The summed E-state index contributed by atoms with van der Waals surface area (Å²) < 4.78 is 1.90. The number of hydrogen-bond donors (Lipinski definition) is 2. The quantitative estimate of drug-likeness (QED) is 0.863. The van der Waals surface area contributed by atoms with Gasteiger partial charge in [-0.25, -0.2) is 9.97 Å². The van der Waals surface area contributed by atoms with E-state index in [4.69, 9.17) is 5.73 Å². The molecule has 1 aliphatic heterocycles. The molecule has 6 nitrogen and oxygen atoms in total. The van der Waals surface area contributed by atoms with Crippen LogP contribution in [0.5, 0.6) is 0 Å². The maximum Gasteiger partial charge on any atom is 0.180 e. The molecule has 1 fully saturated rings. The lowest BCUT2D eigenvalue weighted by Crippen LogP contribution is -2.33. The van der Waals surface area contributed by atoms with E-state index in [0.717, 1.165) is 18.0 Å². The first-order valence-corrected chi connectivity index (χ1v) is 6.74. The zero-order valence-corrected chi connectivity index (χ0v) is 11.2. The lowest BCUT2D eigenvalue weighted by molar-refractivity contribution is 0.226. The molecule has 3 rings (SSSR count). The highest BCUT2D eigenvalue weighted by molar-refractivity contribution is 5.64. The molecule has 1 saturated heterocycles. The number of rotatable bonds is 3. The Bertz CT molecular complexity index is 555. The standard InChI is InChI=1S/C13H20N6/c1-18-5-2-10(3-6-18)8-16-12-13-15-4-7-19(13)9-11(14)17-12/h4,7,9-10H,2-3,5-6,8,14H2,1H3,(H,16,17). The van der Waals surface area contributed by atoms with Crippen LogP contribution in [0.2, 0.25) is 0 Å². The molecule has 0 aliphatic carbocycles. The van der Waals surface area contributed by atoms with Gasteiger partial charge in [-0.15, -0.1) is 0 Å². The van der Waals surface area contributed by atoms with Gasteiger partial charge in [0, 0.05) is 18.9 Å². The average Bonchev–Trinajstić information content (AvgIpc) is 2.85. The SMILES string of the molecule is CN1CCC(CNc2nc(N)cn3ccnc23)CC1. The Balaban J connectivity index is 1.69. The van der Waals surface area contributed by atoms with E-state index in [1.54, 1.807) is 12.4 Å². The predicted octanol–water partition coefficient (Wildman–Crippen LogP) is 1.07. The zero-order chi connectivity index (χ0) is 13.2. The monoisotopic (exact) mass is 260 g/mol. The third kappa shape index (κ3) is 2.63. The van der Waals surface area contributed by atoms with Gasteiger partial charge < -0.3 is 20.4 Å². The van der Waals surface area contributed by atoms with Gasteiger partial charge in [0.1, 0.15) is 5.82 Å². The van der Waals surface area contributed by atoms with Crippen molar-refractivity contribution in [3.63, 3.8) is 0 Å². The summed E-state index contributed by atoms with van der Waals surface area (Å²) in [6.07, 6.45) is 7.89. The summed E-state index contributed by atoms with van der Waals surface area (Å²) in [4.78, 5) is 11.0. The Hall–Kier alpha value is -1.82. The summed E-state index contributed by atoms with van der Waals surface area (Å²) in [6, 6.07) is 0. The van der Waals surface area contributed by atoms with E-state index in [9.17, 15) is 0 Å². The van der Waals surface area contributed by atoms with Crippen LogP contribution in [-0.2, 0) is 0 Å². The molecule has 1 aliphatic rings. The van der Waals surface area contributed by atoms with Crippen molar-refractivity contribution in [2.24, 2.45) is 5.92 Å². The van der Waals surface area contributed by atoms with E-state index >= 15 is 0 Å². The van der Waals surface area contributed by atoms with Crippen molar-refractivity contribution in [2.75, 3.05) is 37.7 Å². The number of fused-ring (bicyclic) bond motifs is 1. The van der Waals surface area contributed by atoms with Gasteiger partial charge in [0.2, 0.25) is 0 Å². The summed E-state index contributed by atoms with van der Waals surface area (Å²) in [5.74, 6) is 2.00. The number of hydrogen-bond acceptors (Lipinski definition) is 5. The third-order valence-electron chi connectivity index (χ3n) is 3.79. The van der Waals surface area contributed by atoms with E-state index in [0.29, 0.717) is 11.7 Å². The molecule has 3 N–H and O–H groups in total. The number of nitrogens with two attached hydrogens (primary N) is 1. The summed E-state index contributed by atoms with van der Waals surface area (Å²) in [5.41, 5.74) is 6.64. The maximum atomic E-state index is 5.80. The van der Waals surface area contributed by atoms with E-state index in [1.807, 2.05) is 10.6 Å². The number of nitrogen functional groups attached to an aromatic ring is 1. The first-order valence-electron chi connectivity index (χ1n) is 6.74. The van der Waals surface area contributed by atoms with Crippen molar-refractivity contribution in [1.82, 2.24) is 19.3 Å². The fourth-order valence-electron chi connectivity index (χ4n) is 2.58. The molecule has 0 spiro atoms. The minimum atomic E-state index is 0.511. The minimum Gasteiger partial charge on any atom is -0.382 e. The van der Waals surface area contributed by atoms with Gasteiger partial charge in [0.05, 0.1) is 6.20 Å². The minimum absolute atomic E-state index is 0.511. The number of nitrogens with one attached hydrogen (secondary N) is 1. The maximum absolute atomic E-state index is 5.80. The smallest absolute Gasteiger partial charge is 0.180 e. The second-order valence-electron chi connectivity index (χ2n) is 5.30. The molecule has 0 amide bonds. The van der Waals surface area contributed by atoms with Gasteiger partial charge in [-0.2, -0.15) is 0 Å². The van der Waals surface area contributed by atoms with Crippen LogP contribution >= 0.6 is 0 Å². The molecule has 0 radical (unpaired) electrons. The fraction of sp³-hybridized carbons (Fsp3) is 0.538. The van der Waals surface area contributed by atoms with Gasteiger partial charge in [0.15, 0.2) is 11.5 Å². The Labute approximate surface area is 112 Å². The van der Waals surface area contributed by atoms with Crippen LogP contribution in [0, 0.1) is 5.92 Å². The van der Waals surface area contributed by atoms with Gasteiger partial charge in [-0.3, -0.25) is 0 Å². The van der Waals surface area contributed by atoms with Gasteiger partial charge in [0.25, 0.3) is 0 Å². The molecular formula is C13H20N6. The fourth-order valence-corrected chi connectivity index (χ4v) is 2.58. The average molecular weight is 260 g/mol. The van der Waals surface area contributed by atoms with Crippen molar-refractivity contribution in [3.8, 4) is 0 Å². The van der Waals surface area contributed by atoms with E-state index in [1.165, 1.54) is 25.9 Å². The second-order valence-corrected chi connectivity index (χ2v) is 5.30. The highest BCUT2D eigenvalue weighted by Crippen LogP contribution is 2.19. The lowest BCUT2D eigenvalue weighted by Gasteiger charge is -2.29. The lowest BCUT2D eigenvalue weighted by atomic mass is 9.97. The molecule has 0 bridgehead atoms.